The largest absolute Gasteiger partial charge is 0.272 e. The number of rotatable bonds is 5. The molecule has 0 saturated heterocycles. The molecule has 0 amide bonds. The number of hydrogen-bond donors (Lipinski definition) is 0. The van der Waals surface area contributed by atoms with Crippen LogP contribution in [0.2, 0.25) is 0 Å². The van der Waals surface area contributed by atoms with Crippen molar-refractivity contribution < 1.29 is 0 Å². The van der Waals surface area contributed by atoms with Crippen LogP contribution in [-0.2, 0) is 0 Å². The Balaban J connectivity index is 2.13. The Hall–Kier alpha value is -2.81. The van der Waals surface area contributed by atoms with Crippen LogP contribution in [-0.4, -0.2) is 17.9 Å². The minimum Gasteiger partial charge on any atom is -0.272 e. The molecule has 0 spiro atoms. The predicted molar refractivity (Wildman–Crippen MR) is 90.3 cm³/mol. The standard InChI is InChI=1S/C18H17N3/c1-3-15(8-11-19-2)14-21-18-6-4-16(5-7-18)17-9-12-20-13-10-17/h3-14H,2H2,1H3/b11-8-,15-3+,21-14+. The van der Waals surface area contributed by atoms with Gasteiger partial charge < -0.3 is 0 Å². The van der Waals surface area contributed by atoms with Gasteiger partial charge in [-0.25, -0.2) is 0 Å². The predicted octanol–water partition coefficient (Wildman–Crippen LogP) is 4.61. The zero-order valence-electron chi connectivity index (χ0n) is 12.0. The summed E-state index contributed by atoms with van der Waals surface area (Å²) in [4.78, 5) is 12.2. The van der Waals surface area contributed by atoms with E-state index in [1.54, 1.807) is 18.6 Å². The van der Waals surface area contributed by atoms with Crippen LogP contribution in [0.1, 0.15) is 6.92 Å². The van der Waals surface area contributed by atoms with Crippen molar-refractivity contribution in [1.82, 2.24) is 4.98 Å². The number of hydrogen-bond acceptors (Lipinski definition) is 3. The molecule has 0 aliphatic rings. The average molecular weight is 275 g/mol. The third-order valence-corrected chi connectivity index (χ3v) is 2.95. The monoisotopic (exact) mass is 275 g/mol. The normalized spacial score (nSPS) is 12.1. The van der Waals surface area contributed by atoms with Gasteiger partial charge in [0.2, 0.25) is 0 Å². The molecule has 1 heterocycles. The number of nitrogens with zero attached hydrogens (tertiary/aromatic N) is 3. The van der Waals surface area contributed by atoms with E-state index in [4.69, 9.17) is 0 Å². The second kappa shape index (κ2) is 7.70. The SMILES string of the molecule is C=N\C=C/C(/C=N/c1ccc(-c2ccncc2)cc1)=C\C. The maximum absolute atomic E-state index is 4.45. The highest BCUT2D eigenvalue weighted by Crippen LogP contribution is 2.21. The van der Waals surface area contributed by atoms with E-state index in [1.165, 1.54) is 0 Å². The quantitative estimate of drug-likeness (QED) is 0.580. The van der Waals surface area contributed by atoms with Crippen LogP contribution in [0.5, 0.6) is 0 Å². The third kappa shape index (κ3) is 4.35. The van der Waals surface area contributed by atoms with E-state index in [0.29, 0.717) is 0 Å². The fourth-order valence-corrected chi connectivity index (χ4v) is 1.79. The first-order valence-electron chi connectivity index (χ1n) is 6.66. The molecule has 1 aromatic heterocycles. The average Bonchev–Trinajstić information content (AvgIpc) is 2.56. The second-order valence-electron chi connectivity index (χ2n) is 4.33. The topological polar surface area (TPSA) is 37.6 Å². The van der Waals surface area contributed by atoms with Crippen molar-refractivity contribution in [2.75, 3.05) is 0 Å². The van der Waals surface area contributed by atoms with E-state index < -0.39 is 0 Å². The summed E-state index contributed by atoms with van der Waals surface area (Å²) in [6.45, 7) is 5.37. The van der Waals surface area contributed by atoms with Gasteiger partial charge in [-0.1, -0.05) is 18.2 Å². The molecule has 0 aliphatic carbocycles. The molecule has 104 valence electrons. The Bertz CT molecular complexity index is 665. The molecule has 3 heteroatoms. The first-order chi connectivity index (χ1) is 10.3. The molecule has 0 bridgehead atoms. The van der Waals surface area contributed by atoms with Crippen LogP contribution in [0.25, 0.3) is 11.1 Å². The lowest BCUT2D eigenvalue weighted by molar-refractivity contribution is 1.33. The van der Waals surface area contributed by atoms with Crippen LogP contribution in [0, 0.1) is 0 Å². The molecular formula is C18H17N3. The summed E-state index contributed by atoms with van der Waals surface area (Å²) in [5, 5.41) is 0. The van der Waals surface area contributed by atoms with Crippen molar-refractivity contribution in [3.63, 3.8) is 0 Å². The summed E-state index contributed by atoms with van der Waals surface area (Å²) in [5.41, 5.74) is 4.20. The first-order valence-corrected chi connectivity index (χ1v) is 6.66. The van der Waals surface area contributed by atoms with Crippen LogP contribution in [0.3, 0.4) is 0 Å². The Morgan fingerprint density at radius 1 is 1.05 bits per heavy atom. The molecule has 0 saturated carbocycles. The molecule has 0 aliphatic heterocycles. The zero-order chi connectivity index (χ0) is 14.9. The van der Waals surface area contributed by atoms with Crippen LogP contribution < -0.4 is 0 Å². The Kier molecular flexibility index (Phi) is 5.35. The maximum atomic E-state index is 4.45. The fraction of sp³-hybridized carbons (Fsp3) is 0.0556. The molecule has 0 N–H and O–H groups in total. The molecule has 0 atom stereocenters. The van der Waals surface area contributed by atoms with Gasteiger partial charge in [0.1, 0.15) is 0 Å². The highest BCUT2D eigenvalue weighted by Gasteiger charge is 1.96. The van der Waals surface area contributed by atoms with Gasteiger partial charge >= 0.3 is 0 Å². The Labute approximate surface area is 125 Å². The van der Waals surface area contributed by atoms with Gasteiger partial charge in [-0.05, 0) is 60.7 Å². The van der Waals surface area contributed by atoms with Crippen molar-refractivity contribution in [1.29, 1.82) is 0 Å². The van der Waals surface area contributed by atoms with Gasteiger partial charge in [-0.15, -0.1) is 0 Å². The lowest BCUT2D eigenvalue weighted by Gasteiger charge is -2.01. The minimum absolute atomic E-state index is 0.909. The van der Waals surface area contributed by atoms with Gasteiger partial charge in [0, 0.05) is 24.8 Å². The molecule has 21 heavy (non-hydrogen) atoms. The summed E-state index contributed by atoms with van der Waals surface area (Å²) in [5.74, 6) is 0. The summed E-state index contributed by atoms with van der Waals surface area (Å²) >= 11 is 0. The molecule has 0 fully saturated rings. The Morgan fingerprint density at radius 2 is 1.71 bits per heavy atom. The lowest BCUT2D eigenvalue weighted by Crippen LogP contribution is -1.80. The third-order valence-electron chi connectivity index (χ3n) is 2.95. The highest BCUT2D eigenvalue weighted by molar-refractivity contribution is 5.84. The zero-order valence-corrected chi connectivity index (χ0v) is 12.0. The first kappa shape index (κ1) is 14.6. The summed E-state index contributed by atoms with van der Waals surface area (Å²) < 4.78 is 0. The Morgan fingerprint density at radius 3 is 2.33 bits per heavy atom. The van der Waals surface area contributed by atoms with Gasteiger partial charge in [-0.3, -0.25) is 15.0 Å². The van der Waals surface area contributed by atoms with Crippen molar-refractivity contribution in [3.05, 3.63) is 72.7 Å². The molecule has 0 radical (unpaired) electrons. The summed E-state index contributed by atoms with van der Waals surface area (Å²) in [6, 6.07) is 12.1. The van der Waals surface area contributed by atoms with E-state index in [0.717, 1.165) is 22.4 Å². The van der Waals surface area contributed by atoms with Gasteiger partial charge in [0.25, 0.3) is 0 Å². The van der Waals surface area contributed by atoms with Gasteiger partial charge in [-0.2, -0.15) is 0 Å². The van der Waals surface area contributed by atoms with Gasteiger partial charge in [0.05, 0.1) is 5.69 Å². The number of aromatic nitrogens is 1. The number of aliphatic imine (C=N–C) groups is 2. The van der Waals surface area contributed by atoms with Gasteiger partial charge in [0.15, 0.2) is 0 Å². The van der Waals surface area contributed by atoms with Crippen molar-refractivity contribution in [2.24, 2.45) is 9.98 Å². The molecule has 1 aromatic carbocycles. The van der Waals surface area contributed by atoms with Crippen molar-refractivity contribution in [3.8, 4) is 11.1 Å². The van der Waals surface area contributed by atoms with Crippen molar-refractivity contribution in [2.45, 2.75) is 6.92 Å². The lowest BCUT2D eigenvalue weighted by atomic mass is 10.1. The molecule has 2 aromatic rings. The number of allylic oxidation sites excluding steroid dienone is 3. The van der Waals surface area contributed by atoms with E-state index in [9.17, 15) is 0 Å². The number of benzene rings is 1. The van der Waals surface area contributed by atoms with E-state index >= 15 is 0 Å². The van der Waals surface area contributed by atoms with E-state index in [1.807, 2.05) is 49.6 Å². The number of pyridine rings is 1. The van der Waals surface area contributed by atoms with Crippen LogP contribution in [0.15, 0.2) is 82.7 Å². The van der Waals surface area contributed by atoms with Crippen LogP contribution >= 0.6 is 0 Å². The van der Waals surface area contributed by atoms with E-state index in [2.05, 4.69) is 33.8 Å². The summed E-state index contributed by atoms with van der Waals surface area (Å²) in [7, 11) is 0. The smallest absolute Gasteiger partial charge is 0.0630 e. The van der Waals surface area contributed by atoms with E-state index in [-0.39, 0.29) is 0 Å². The molecule has 3 nitrogen and oxygen atoms in total. The van der Waals surface area contributed by atoms with Crippen LogP contribution in [0.4, 0.5) is 5.69 Å². The maximum Gasteiger partial charge on any atom is 0.0630 e. The fourth-order valence-electron chi connectivity index (χ4n) is 1.79. The molecular weight excluding hydrogens is 258 g/mol. The summed E-state index contributed by atoms with van der Waals surface area (Å²) in [6.07, 6.45) is 10.9. The molecule has 2 rings (SSSR count). The second-order valence-corrected chi connectivity index (χ2v) is 4.33. The highest BCUT2D eigenvalue weighted by atomic mass is 14.7. The van der Waals surface area contributed by atoms with Crippen molar-refractivity contribution >= 4 is 18.6 Å². The minimum atomic E-state index is 0.909. The molecule has 0 unspecified atom stereocenters.